The van der Waals surface area contributed by atoms with Crippen LogP contribution in [0.2, 0.25) is 10.0 Å². The van der Waals surface area contributed by atoms with Crippen LogP contribution < -0.4 is 14.8 Å². The van der Waals surface area contributed by atoms with E-state index >= 15 is 0 Å². The minimum absolute atomic E-state index is 0.314. The maximum Gasteiger partial charge on any atom is 0.255 e. The number of carbonyl (C=O) groups excluding carboxylic acids is 1. The van der Waals surface area contributed by atoms with E-state index in [1.54, 1.807) is 36.4 Å². The van der Waals surface area contributed by atoms with Gasteiger partial charge in [-0.1, -0.05) is 23.2 Å². The van der Waals surface area contributed by atoms with E-state index in [-0.39, 0.29) is 5.91 Å². The molecule has 0 unspecified atom stereocenters. The van der Waals surface area contributed by atoms with E-state index in [4.69, 9.17) is 32.7 Å². The molecule has 116 valence electrons. The first-order valence-electron chi connectivity index (χ1n) is 6.62. The quantitative estimate of drug-likeness (QED) is 0.862. The van der Waals surface area contributed by atoms with E-state index in [0.29, 0.717) is 39.4 Å². The van der Waals surface area contributed by atoms with Gasteiger partial charge in [-0.05, 0) is 43.3 Å². The molecule has 1 N–H and O–H groups in total. The number of methoxy groups -OCH3 is 1. The van der Waals surface area contributed by atoms with E-state index < -0.39 is 0 Å². The molecule has 0 bridgehead atoms. The van der Waals surface area contributed by atoms with Gasteiger partial charge in [-0.25, -0.2) is 0 Å². The SMILES string of the molecule is CCOc1ccc(C(=O)Nc2cc(Cl)ccc2Cl)cc1OC. The summed E-state index contributed by atoms with van der Waals surface area (Å²) < 4.78 is 10.7. The summed E-state index contributed by atoms with van der Waals surface area (Å²) in [5.74, 6) is 0.763. The van der Waals surface area contributed by atoms with Crippen molar-refractivity contribution in [3.63, 3.8) is 0 Å². The van der Waals surface area contributed by atoms with Gasteiger partial charge in [0.15, 0.2) is 11.5 Å². The van der Waals surface area contributed by atoms with Crippen LogP contribution in [0.15, 0.2) is 36.4 Å². The van der Waals surface area contributed by atoms with Gasteiger partial charge < -0.3 is 14.8 Å². The first-order chi connectivity index (χ1) is 10.5. The first kappa shape index (κ1) is 16.5. The molecule has 6 heteroatoms. The Bertz CT molecular complexity index is 689. The van der Waals surface area contributed by atoms with E-state index in [1.807, 2.05) is 6.92 Å². The van der Waals surface area contributed by atoms with E-state index in [9.17, 15) is 4.79 Å². The third kappa shape index (κ3) is 3.84. The van der Waals surface area contributed by atoms with Crippen molar-refractivity contribution < 1.29 is 14.3 Å². The molecule has 0 saturated heterocycles. The number of amides is 1. The Morgan fingerprint density at radius 3 is 2.59 bits per heavy atom. The number of ether oxygens (including phenoxy) is 2. The summed E-state index contributed by atoms with van der Waals surface area (Å²) in [7, 11) is 1.52. The zero-order valence-electron chi connectivity index (χ0n) is 12.2. The Balaban J connectivity index is 2.24. The van der Waals surface area contributed by atoms with Gasteiger partial charge in [0.05, 0.1) is 24.4 Å². The van der Waals surface area contributed by atoms with Crippen molar-refractivity contribution in [1.82, 2.24) is 0 Å². The summed E-state index contributed by atoms with van der Waals surface area (Å²) >= 11 is 11.9. The number of carbonyl (C=O) groups is 1. The zero-order valence-corrected chi connectivity index (χ0v) is 13.7. The Hall–Kier alpha value is -1.91. The molecule has 22 heavy (non-hydrogen) atoms. The largest absolute Gasteiger partial charge is 0.493 e. The lowest BCUT2D eigenvalue weighted by Crippen LogP contribution is -2.12. The van der Waals surface area contributed by atoms with Gasteiger partial charge in [0.2, 0.25) is 0 Å². The molecule has 2 aromatic rings. The highest BCUT2D eigenvalue weighted by molar-refractivity contribution is 6.35. The van der Waals surface area contributed by atoms with Crippen molar-refractivity contribution in [2.24, 2.45) is 0 Å². The normalized spacial score (nSPS) is 10.2. The number of hydrogen-bond acceptors (Lipinski definition) is 3. The molecule has 0 aromatic heterocycles. The lowest BCUT2D eigenvalue weighted by atomic mass is 10.2. The number of rotatable bonds is 5. The molecule has 0 fully saturated rings. The topological polar surface area (TPSA) is 47.6 Å². The van der Waals surface area contributed by atoms with Crippen LogP contribution in [0.3, 0.4) is 0 Å². The Morgan fingerprint density at radius 2 is 1.91 bits per heavy atom. The van der Waals surface area contributed by atoms with E-state index in [0.717, 1.165) is 0 Å². The second-order valence-corrected chi connectivity index (χ2v) is 5.22. The molecule has 4 nitrogen and oxygen atoms in total. The lowest BCUT2D eigenvalue weighted by Gasteiger charge is -2.12. The molecule has 2 aromatic carbocycles. The maximum atomic E-state index is 12.3. The number of anilines is 1. The van der Waals surface area contributed by atoms with Gasteiger partial charge >= 0.3 is 0 Å². The Labute approximate surface area is 138 Å². The van der Waals surface area contributed by atoms with Crippen LogP contribution >= 0.6 is 23.2 Å². The number of benzene rings is 2. The van der Waals surface area contributed by atoms with E-state index in [1.165, 1.54) is 7.11 Å². The maximum absolute atomic E-state index is 12.3. The van der Waals surface area contributed by atoms with Crippen LogP contribution in [-0.4, -0.2) is 19.6 Å². The molecule has 1 amide bonds. The predicted molar refractivity (Wildman–Crippen MR) is 88.6 cm³/mol. The molecule has 0 atom stereocenters. The van der Waals surface area contributed by atoms with Crippen LogP contribution in [0.4, 0.5) is 5.69 Å². The summed E-state index contributed by atoms with van der Waals surface area (Å²) in [5.41, 5.74) is 0.878. The van der Waals surface area contributed by atoms with Crippen LogP contribution in [0.5, 0.6) is 11.5 Å². The van der Waals surface area contributed by atoms with Crippen LogP contribution in [0.1, 0.15) is 17.3 Å². The van der Waals surface area contributed by atoms with Gasteiger partial charge in [-0.15, -0.1) is 0 Å². The average molecular weight is 340 g/mol. The van der Waals surface area contributed by atoms with Gasteiger partial charge in [0.1, 0.15) is 0 Å². The fourth-order valence-electron chi connectivity index (χ4n) is 1.87. The number of halogens is 2. The first-order valence-corrected chi connectivity index (χ1v) is 7.38. The van der Waals surface area contributed by atoms with Crippen molar-refractivity contribution >= 4 is 34.8 Å². The molecule has 0 aliphatic rings. The van der Waals surface area contributed by atoms with Crippen LogP contribution in [0, 0.1) is 0 Å². The third-order valence-corrected chi connectivity index (χ3v) is 3.47. The van der Waals surface area contributed by atoms with Crippen molar-refractivity contribution in [2.45, 2.75) is 6.92 Å². The molecule has 0 aliphatic heterocycles. The molecule has 2 rings (SSSR count). The second-order valence-electron chi connectivity index (χ2n) is 4.38. The van der Waals surface area contributed by atoms with Gasteiger partial charge in [0, 0.05) is 10.6 Å². The van der Waals surface area contributed by atoms with Crippen molar-refractivity contribution in [3.8, 4) is 11.5 Å². The molecule has 0 heterocycles. The lowest BCUT2D eigenvalue weighted by molar-refractivity contribution is 0.102. The molecule has 0 saturated carbocycles. The smallest absolute Gasteiger partial charge is 0.255 e. The summed E-state index contributed by atoms with van der Waals surface area (Å²) in [5, 5.41) is 3.62. The summed E-state index contributed by atoms with van der Waals surface area (Å²) in [6.07, 6.45) is 0. The Kier molecular flexibility index (Phi) is 5.52. The van der Waals surface area contributed by atoms with Gasteiger partial charge in [0.25, 0.3) is 5.91 Å². The molecule has 0 aliphatic carbocycles. The fraction of sp³-hybridized carbons (Fsp3) is 0.188. The standard InChI is InChI=1S/C16H15Cl2NO3/c1-3-22-14-7-4-10(8-15(14)21-2)16(20)19-13-9-11(17)5-6-12(13)18/h4-9H,3H2,1-2H3,(H,19,20). The third-order valence-electron chi connectivity index (χ3n) is 2.90. The second kappa shape index (κ2) is 7.38. The Morgan fingerprint density at radius 1 is 1.14 bits per heavy atom. The number of nitrogens with one attached hydrogen (secondary N) is 1. The molecular weight excluding hydrogens is 325 g/mol. The van der Waals surface area contributed by atoms with Gasteiger partial charge in [-0.3, -0.25) is 4.79 Å². The van der Waals surface area contributed by atoms with Crippen LogP contribution in [-0.2, 0) is 0 Å². The minimum Gasteiger partial charge on any atom is -0.493 e. The minimum atomic E-state index is -0.314. The monoisotopic (exact) mass is 339 g/mol. The summed E-state index contributed by atoms with van der Waals surface area (Å²) in [6, 6.07) is 9.82. The molecule has 0 radical (unpaired) electrons. The molecule has 0 spiro atoms. The van der Waals surface area contributed by atoms with Crippen molar-refractivity contribution in [2.75, 3.05) is 19.0 Å². The number of hydrogen-bond donors (Lipinski definition) is 1. The van der Waals surface area contributed by atoms with Crippen molar-refractivity contribution in [3.05, 3.63) is 52.0 Å². The summed E-state index contributed by atoms with van der Waals surface area (Å²) in [4.78, 5) is 12.3. The highest BCUT2D eigenvalue weighted by atomic mass is 35.5. The summed E-state index contributed by atoms with van der Waals surface area (Å²) in [6.45, 7) is 2.39. The zero-order chi connectivity index (χ0) is 16.1. The fourth-order valence-corrected chi connectivity index (χ4v) is 2.21. The highest BCUT2D eigenvalue weighted by Crippen LogP contribution is 2.29. The predicted octanol–water partition coefficient (Wildman–Crippen LogP) is 4.65. The van der Waals surface area contributed by atoms with E-state index in [2.05, 4.69) is 5.32 Å². The average Bonchev–Trinajstić information content (AvgIpc) is 2.51. The van der Waals surface area contributed by atoms with Gasteiger partial charge in [-0.2, -0.15) is 0 Å². The van der Waals surface area contributed by atoms with Crippen LogP contribution in [0.25, 0.3) is 0 Å². The molecular formula is C16H15Cl2NO3. The highest BCUT2D eigenvalue weighted by Gasteiger charge is 2.12. The van der Waals surface area contributed by atoms with Crippen molar-refractivity contribution in [1.29, 1.82) is 0 Å².